The molecule has 1 aromatic rings. The first-order valence-corrected chi connectivity index (χ1v) is 4.83. The minimum absolute atomic E-state index is 0.174. The fourth-order valence-corrected chi connectivity index (χ4v) is 1.42. The zero-order chi connectivity index (χ0) is 10.6. The van der Waals surface area contributed by atoms with E-state index in [1.807, 2.05) is 24.3 Å². The van der Waals surface area contributed by atoms with Gasteiger partial charge in [0.1, 0.15) is 5.78 Å². The second kappa shape index (κ2) is 4.91. The summed E-state index contributed by atoms with van der Waals surface area (Å²) in [7, 11) is 0. The van der Waals surface area contributed by atoms with Gasteiger partial charge < -0.3 is 5.11 Å². The number of Topliss-reactive ketones (excluding diaryl/α,β-unsaturated/α-hetero) is 1. The summed E-state index contributed by atoms with van der Waals surface area (Å²) >= 11 is 0. The maximum Gasteiger partial charge on any atom is 0.134 e. The molecule has 1 atom stereocenters. The number of benzene rings is 1. The van der Waals surface area contributed by atoms with E-state index in [9.17, 15) is 4.79 Å². The Hall–Kier alpha value is -1.15. The van der Waals surface area contributed by atoms with E-state index in [1.54, 1.807) is 13.8 Å². The highest BCUT2D eigenvalue weighted by atomic mass is 16.3. The summed E-state index contributed by atoms with van der Waals surface area (Å²) < 4.78 is 0. The monoisotopic (exact) mass is 192 g/mol. The van der Waals surface area contributed by atoms with E-state index in [-0.39, 0.29) is 11.9 Å². The van der Waals surface area contributed by atoms with Crippen molar-refractivity contribution in [1.29, 1.82) is 0 Å². The second-order valence-electron chi connectivity index (χ2n) is 3.75. The topological polar surface area (TPSA) is 37.3 Å². The van der Waals surface area contributed by atoms with Crippen LogP contribution in [0.25, 0.3) is 0 Å². The van der Waals surface area contributed by atoms with Crippen LogP contribution < -0.4 is 0 Å². The van der Waals surface area contributed by atoms with Gasteiger partial charge >= 0.3 is 0 Å². The molecular weight excluding hydrogens is 176 g/mol. The van der Waals surface area contributed by atoms with Crippen molar-refractivity contribution in [3.63, 3.8) is 0 Å². The number of hydrogen-bond donors (Lipinski definition) is 1. The number of ketones is 1. The van der Waals surface area contributed by atoms with E-state index < -0.39 is 0 Å². The molecule has 0 saturated carbocycles. The molecule has 1 N–H and O–H groups in total. The molecule has 0 bridgehead atoms. The van der Waals surface area contributed by atoms with Gasteiger partial charge in [0.15, 0.2) is 0 Å². The molecule has 1 rings (SSSR count). The molecule has 14 heavy (non-hydrogen) atoms. The van der Waals surface area contributed by atoms with Crippen molar-refractivity contribution in [3.05, 3.63) is 35.4 Å². The molecular formula is C12H16O2. The molecule has 0 saturated heterocycles. The molecule has 0 spiro atoms. The molecule has 0 amide bonds. The largest absolute Gasteiger partial charge is 0.393 e. The van der Waals surface area contributed by atoms with Crippen LogP contribution in [0.2, 0.25) is 0 Å². The average Bonchev–Trinajstić information content (AvgIpc) is 2.06. The summed E-state index contributed by atoms with van der Waals surface area (Å²) in [6.07, 6.45) is 0.851. The lowest BCUT2D eigenvalue weighted by Crippen LogP contribution is -2.04. The molecule has 0 aliphatic rings. The number of rotatable bonds is 4. The highest BCUT2D eigenvalue weighted by Crippen LogP contribution is 2.07. The minimum Gasteiger partial charge on any atom is -0.393 e. The summed E-state index contributed by atoms with van der Waals surface area (Å²) in [5.41, 5.74) is 2.14. The van der Waals surface area contributed by atoms with Crippen LogP contribution in [0.3, 0.4) is 0 Å². The van der Waals surface area contributed by atoms with Crippen molar-refractivity contribution in [1.82, 2.24) is 0 Å². The standard InChI is InChI=1S/C12H16O2/c1-9(13)7-11-3-5-12(6-4-11)8-10(2)14/h3-6,9,13H,7-8H2,1-2H3. The van der Waals surface area contributed by atoms with Gasteiger partial charge in [-0.15, -0.1) is 0 Å². The molecule has 76 valence electrons. The molecule has 0 heterocycles. The van der Waals surface area contributed by atoms with Crippen LogP contribution >= 0.6 is 0 Å². The van der Waals surface area contributed by atoms with Crippen molar-refractivity contribution >= 4 is 5.78 Å². The molecule has 0 fully saturated rings. The SMILES string of the molecule is CC(=O)Cc1ccc(CC(C)O)cc1. The minimum atomic E-state index is -0.311. The maximum absolute atomic E-state index is 10.8. The Labute approximate surface area is 84.6 Å². The first kappa shape index (κ1) is 10.9. The van der Waals surface area contributed by atoms with Gasteiger partial charge in [0.2, 0.25) is 0 Å². The summed E-state index contributed by atoms with van der Waals surface area (Å²) in [5.74, 6) is 0.174. The fourth-order valence-electron chi connectivity index (χ4n) is 1.42. The summed E-state index contributed by atoms with van der Waals surface area (Å²) in [6, 6.07) is 7.81. The van der Waals surface area contributed by atoms with E-state index >= 15 is 0 Å². The van der Waals surface area contributed by atoms with E-state index in [4.69, 9.17) is 5.11 Å². The molecule has 0 radical (unpaired) electrons. The molecule has 2 nitrogen and oxygen atoms in total. The summed E-state index contributed by atoms with van der Waals surface area (Å²) in [4.78, 5) is 10.8. The number of aliphatic hydroxyl groups excluding tert-OH is 1. The lowest BCUT2D eigenvalue weighted by Gasteiger charge is -2.05. The van der Waals surface area contributed by atoms with Crippen molar-refractivity contribution in [2.45, 2.75) is 32.8 Å². The van der Waals surface area contributed by atoms with E-state index in [1.165, 1.54) is 0 Å². The van der Waals surface area contributed by atoms with Gasteiger partial charge in [-0.2, -0.15) is 0 Å². The highest BCUT2D eigenvalue weighted by molar-refractivity contribution is 5.78. The summed E-state index contributed by atoms with van der Waals surface area (Å²) in [5, 5.41) is 9.17. The van der Waals surface area contributed by atoms with Crippen molar-refractivity contribution in [2.24, 2.45) is 0 Å². The van der Waals surface area contributed by atoms with Crippen LogP contribution in [0.4, 0.5) is 0 Å². The lowest BCUT2D eigenvalue weighted by atomic mass is 10.0. The van der Waals surface area contributed by atoms with Crippen LogP contribution in [0.5, 0.6) is 0 Å². The van der Waals surface area contributed by atoms with Gasteiger partial charge in [0, 0.05) is 6.42 Å². The smallest absolute Gasteiger partial charge is 0.134 e. The van der Waals surface area contributed by atoms with Crippen LogP contribution in [-0.4, -0.2) is 17.0 Å². The third kappa shape index (κ3) is 3.71. The van der Waals surface area contributed by atoms with Gasteiger partial charge in [-0.05, 0) is 31.4 Å². The Morgan fingerprint density at radius 3 is 2.21 bits per heavy atom. The van der Waals surface area contributed by atoms with E-state index in [0.717, 1.165) is 11.1 Å². The van der Waals surface area contributed by atoms with Crippen LogP contribution in [-0.2, 0) is 17.6 Å². The van der Waals surface area contributed by atoms with Gasteiger partial charge in [-0.1, -0.05) is 24.3 Å². The van der Waals surface area contributed by atoms with E-state index in [0.29, 0.717) is 12.8 Å². The third-order valence-corrected chi connectivity index (χ3v) is 2.01. The fraction of sp³-hybridized carbons (Fsp3) is 0.417. The van der Waals surface area contributed by atoms with Crippen molar-refractivity contribution < 1.29 is 9.90 Å². The predicted octanol–water partition coefficient (Wildman–Crippen LogP) is 1.74. The van der Waals surface area contributed by atoms with E-state index in [2.05, 4.69) is 0 Å². The molecule has 0 aliphatic heterocycles. The van der Waals surface area contributed by atoms with Crippen LogP contribution in [0.15, 0.2) is 24.3 Å². The quantitative estimate of drug-likeness (QED) is 0.789. The summed E-state index contributed by atoms with van der Waals surface area (Å²) in [6.45, 7) is 3.35. The Morgan fingerprint density at radius 1 is 1.29 bits per heavy atom. The Bertz CT molecular complexity index is 299. The number of aliphatic hydroxyl groups is 1. The zero-order valence-corrected chi connectivity index (χ0v) is 8.66. The predicted molar refractivity (Wildman–Crippen MR) is 56.2 cm³/mol. The lowest BCUT2D eigenvalue weighted by molar-refractivity contribution is -0.116. The second-order valence-corrected chi connectivity index (χ2v) is 3.75. The van der Waals surface area contributed by atoms with Crippen LogP contribution in [0, 0.1) is 0 Å². The first-order valence-electron chi connectivity index (χ1n) is 4.83. The van der Waals surface area contributed by atoms with Gasteiger partial charge in [0.05, 0.1) is 6.10 Å². The normalized spacial score (nSPS) is 12.5. The number of carbonyl (C=O) groups excluding carboxylic acids is 1. The van der Waals surface area contributed by atoms with Gasteiger partial charge in [-0.3, -0.25) is 4.79 Å². The molecule has 2 heteroatoms. The molecule has 1 unspecified atom stereocenters. The zero-order valence-electron chi connectivity index (χ0n) is 8.66. The third-order valence-electron chi connectivity index (χ3n) is 2.01. The Morgan fingerprint density at radius 2 is 1.79 bits per heavy atom. The number of hydrogen-bond acceptors (Lipinski definition) is 2. The van der Waals surface area contributed by atoms with Crippen LogP contribution in [0.1, 0.15) is 25.0 Å². The van der Waals surface area contributed by atoms with Crippen molar-refractivity contribution in [3.8, 4) is 0 Å². The Balaban J connectivity index is 2.63. The highest BCUT2D eigenvalue weighted by Gasteiger charge is 2.00. The molecule has 0 aliphatic carbocycles. The van der Waals surface area contributed by atoms with Gasteiger partial charge in [-0.25, -0.2) is 0 Å². The van der Waals surface area contributed by atoms with Crippen molar-refractivity contribution in [2.75, 3.05) is 0 Å². The first-order chi connectivity index (χ1) is 6.58. The molecule has 0 aromatic heterocycles. The molecule has 1 aromatic carbocycles. The van der Waals surface area contributed by atoms with Gasteiger partial charge in [0.25, 0.3) is 0 Å². The Kier molecular flexibility index (Phi) is 3.84. The number of carbonyl (C=O) groups is 1. The maximum atomic E-state index is 10.8. The average molecular weight is 192 g/mol.